The third kappa shape index (κ3) is 4.60. The van der Waals surface area contributed by atoms with Crippen LogP contribution in [0.4, 0.5) is 18.9 Å². The van der Waals surface area contributed by atoms with Crippen LogP contribution in [0.25, 0.3) is 0 Å². The highest BCUT2D eigenvalue weighted by atomic mass is 35.5. The molecule has 0 saturated heterocycles. The predicted octanol–water partition coefficient (Wildman–Crippen LogP) is 2.61. The van der Waals surface area contributed by atoms with Crippen LogP contribution in [0, 0.1) is 0 Å². The minimum absolute atomic E-state index is 0.155. The van der Waals surface area contributed by atoms with E-state index in [1.165, 1.54) is 6.07 Å². The summed E-state index contributed by atoms with van der Waals surface area (Å²) in [5.41, 5.74) is -1.34. The fraction of sp³-hybridized carbons (Fsp3) is 0.364. The Morgan fingerprint density at radius 3 is 2.58 bits per heavy atom. The molecule has 0 spiro atoms. The first-order chi connectivity index (χ1) is 8.71. The number of benzene rings is 1. The van der Waals surface area contributed by atoms with Gasteiger partial charge < -0.3 is 15.5 Å². The molecule has 0 fully saturated rings. The molecule has 19 heavy (non-hydrogen) atoms. The van der Waals surface area contributed by atoms with Gasteiger partial charge in [-0.1, -0.05) is 17.7 Å². The van der Waals surface area contributed by atoms with E-state index in [-0.39, 0.29) is 17.3 Å². The Balaban J connectivity index is 2.86. The lowest BCUT2D eigenvalue weighted by atomic mass is 10.1. The average molecular weight is 298 g/mol. The van der Waals surface area contributed by atoms with Gasteiger partial charge in [-0.25, -0.2) is 0 Å². The first-order valence-electron chi connectivity index (χ1n) is 5.21. The molecule has 4 nitrogen and oxygen atoms in total. The SMILES string of the molecule is O=C(O)CC(O)CNc1c(Cl)cccc1C(F)(F)F. The Morgan fingerprint density at radius 2 is 2.05 bits per heavy atom. The summed E-state index contributed by atoms with van der Waals surface area (Å²) in [7, 11) is 0. The maximum absolute atomic E-state index is 12.7. The van der Waals surface area contributed by atoms with Crippen LogP contribution in [0.3, 0.4) is 0 Å². The van der Waals surface area contributed by atoms with Gasteiger partial charge in [0.2, 0.25) is 0 Å². The van der Waals surface area contributed by atoms with Crippen molar-refractivity contribution in [1.29, 1.82) is 0 Å². The van der Waals surface area contributed by atoms with Crippen molar-refractivity contribution < 1.29 is 28.2 Å². The average Bonchev–Trinajstić information content (AvgIpc) is 2.24. The Kier molecular flexibility index (Phi) is 5.02. The molecule has 8 heteroatoms. The molecular weight excluding hydrogens is 287 g/mol. The van der Waals surface area contributed by atoms with Crippen LogP contribution in [-0.2, 0) is 11.0 Å². The summed E-state index contributed by atoms with van der Waals surface area (Å²) in [6.07, 6.45) is -6.47. The number of aliphatic hydroxyl groups is 1. The normalized spacial score (nSPS) is 13.1. The number of alkyl halides is 3. The van der Waals surface area contributed by atoms with Gasteiger partial charge in [-0.2, -0.15) is 13.2 Å². The van der Waals surface area contributed by atoms with Gasteiger partial charge in [-0.15, -0.1) is 0 Å². The van der Waals surface area contributed by atoms with E-state index >= 15 is 0 Å². The molecule has 0 amide bonds. The number of carboxylic acid groups (broad SMARTS) is 1. The Bertz CT molecular complexity index is 465. The second-order valence-corrected chi connectivity index (χ2v) is 4.20. The quantitative estimate of drug-likeness (QED) is 0.781. The van der Waals surface area contributed by atoms with Crippen LogP contribution in [0.2, 0.25) is 5.02 Å². The van der Waals surface area contributed by atoms with Gasteiger partial charge in [0.05, 0.1) is 28.8 Å². The molecule has 0 aliphatic rings. The summed E-state index contributed by atoms with van der Waals surface area (Å²) in [4.78, 5) is 10.3. The van der Waals surface area contributed by atoms with E-state index in [2.05, 4.69) is 5.32 Å². The van der Waals surface area contributed by atoms with Crippen LogP contribution < -0.4 is 5.32 Å². The molecule has 0 bridgehead atoms. The number of aliphatic carboxylic acids is 1. The number of hydrogen-bond acceptors (Lipinski definition) is 3. The van der Waals surface area contributed by atoms with Crippen LogP contribution in [0.5, 0.6) is 0 Å². The first-order valence-corrected chi connectivity index (χ1v) is 5.59. The maximum Gasteiger partial charge on any atom is 0.418 e. The van der Waals surface area contributed by atoms with E-state index in [9.17, 15) is 23.1 Å². The topological polar surface area (TPSA) is 69.6 Å². The van der Waals surface area contributed by atoms with Gasteiger partial charge in [0.25, 0.3) is 0 Å². The van der Waals surface area contributed by atoms with Crippen LogP contribution in [-0.4, -0.2) is 28.8 Å². The van der Waals surface area contributed by atoms with Crippen molar-refractivity contribution in [3.05, 3.63) is 28.8 Å². The van der Waals surface area contributed by atoms with E-state index in [0.29, 0.717) is 0 Å². The Morgan fingerprint density at radius 1 is 1.42 bits per heavy atom. The van der Waals surface area contributed by atoms with Gasteiger partial charge in [-0.3, -0.25) is 4.79 Å². The van der Waals surface area contributed by atoms with Gasteiger partial charge >= 0.3 is 12.1 Å². The summed E-state index contributed by atoms with van der Waals surface area (Å²) in [6.45, 7) is -0.348. The van der Waals surface area contributed by atoms with Crippen LogP contribution in [0.1, 0.15) is 12.0 Å². The molecule has 1 aromatic rings. The largest absolute Gasteiger partial charge is 0.481 e. The van der Waals surface area contributed by atoms with E-state index in [4.69, 9.17) is 16.7 Å². The highest BCUT2D eigenvalue weighted by Gasteiger charge is 2.34. The number of aliphatic hydroxyl groups excluding tert-OH is 1. The summed E-state index contributed by atoms with van der Waals surface area (Å²) in [5.74, 6) is -1.25. The molecule has 1 atom stereocenters. The fourth-order valence-electron chi connectivity index (χ4n) is 1.43. The number of nitrogens with one attached hydrogen (secondary N) is 1. The van der Waals surface area contributed by atoms with Gasteiger partial charge in [0.15, 0.2) is 0 Å². The lowest BCUT2D eigenvalue weighted by Gasteiger charge is -2.17. The fourth-order valence-corrected chi connectivity index (χ4v) is 1.67. The molecule has 1 aromatic carbocycles. The molecule has 3 N–H and O–H groups in total. The monoisotopic (exact) mass is 297 g/mol. The predicted molar refractivity (Wildman–Crippen MR) is 63.2 cm³/mol. The zero-order valence-corrected chi connectivity index (χ0v) is 10.3. The van der Waals surface area contributed by atoms with Crippen molar-refractivity contribution in [3.63, 3.8) is 0 Å². The third-order valence-electron chi connectivity index (χ3n) is 2.24. The number of anilines is 1. The lowest BCUT2D eigenvalue weighted by Crippen LogP contribution is -2.24. The van der Waals surface area contributed by atoms with Crippen molar-refractivity contribution in [1.82, 2.24) is 0 Å². The summed E-state index contributed by atoms with van der Waals surface area (Å²) >= 11 is 5.66. The molecule has 0 heterocycles. The highest BCUT2D eigenvalue weighted by Crippen LogP contribution is 2.38. The summed E-state index contributed by atoms with van der Waals surface area (Å²) < 4.78 is 38.1. The smallest absolute Gasteiger partial charge is 0.418 e. The number of carbonyl (C=O) groups is 1. The number of para-hydroxylation sites is 1. The minimum Gasteiger partial charge on any atom is -0.481 e. The molecule has 0 saturated carbocycles. The van der Waals surface area contributed by atoms with E-state index in [0.717, 1.165) is 12.1 Å². The molecule has 0 radical (unpaired) electrons. The van der Waals surface area contributed by atoms with Crippen LogP contribution >= 0.6 is 11.6 Å². The highest BCUT2D eigenvalue weighted by molar-refractivity contribution is 6.33. The van der Waals surface area contributed by atoms with Crippen molar-refractivity contribution in [2.24, 2.45) is 0 Å². The molecule has 1 rings (SSSR count). The first kappa shape index (κ1) is 15.6. The van der Waals surface area contributed by atoms with Crippen molar-refractivity contribution in [2.75, 3.05) is 11.9 Å². The maximum atomic E-state index is 12.7. The standard InChI is InChI=1S/C11H11ClF3NO3/c12-8-3-1-2-7(11(13,14)15)10(8)16-5-6(17)4-9(18)19/h1-3,6,16-17H,4-5H2,(H,18,19). The Hall–Kier alpha value is -1.47. The number of carboxylic acids is 1. The second kappa shape index (κ2) is 6.12. The van der Waals surface area contributed by atoms with Gasteiger partial charge in [-0.05, 0) is 12.1 Å². The number of rotatable bonds is 5. The second-order valence-electron chi connectivity index (χ2n) is 3.79. The van der Waals surface area contributed by atoms with Gasteiger partial charge in [0.1, 0.15) is 0 Å². The summed E-state index contributed by atoms with van der Waals surface area (Å²) in [6, 6.07) is 3.27. The zero-order chi connectivity index (χ0) is 14.6. The van der Waals surface area contributed by atoms with Crippen LogP contribution in [0.15, 0.2) is 18.2 Å². The summed E-state index contributed by atoms with van der Waals surface area (Å²) in [5, 5.41) is 19.9. The molecule has 0 aliphatic carbocycles. The number of hydrogen-bond donors (Lipinski definition) is 3. The molecule has 106 valence electrons. The molecule has 1 unspecified atom stereocenters. The lowest BCUT2D eigenvalue weighted by molar-refractivity contribution is -0.139. The van der Waals surface area contributed by atoms with Crippen molar-refractivity contribution >= 4 is 23.3 Å². The van der Waals surface area contributed by atoms with E-state index in [1.807, 2.05) is 0 Å². The zero-order valence-electron chi connectivity index (χ0n) is 9.54. The van der Waals surface area contributed by atoms with Gasteiger partial charge in [0, 0.05) is 6.54 Å². The van der Waals surface area contributed by atoms with E-state index < -0.39 is 30.2 Å². The molecule has 0 aliphatic heterocycles. The third-order valence-corrected chi connectivity index (χ3v) is 2.56. The van der Waals surface area contributed by atoms with Crippen molar-refractivity contribution in [3.8, 4) is 0 Å². The minimum atomic E-state index is -4.59. The molecule has 0 aromatic heterocycles. The molecular formula is C11H11ClF3NO3. The van der Waals surface area contributed by atoms with Crippen molar-refractivity contribution in [2.45, 2.75) is 18.7 Å². The Labute approximate surface area is 111 Å². The number of halogens is 4. The van der Waals surface area contributed by atoms with E-state index in [1.54, 1.807) is 0 Å².